The van der Waals surface area contributed by atoms with E-state index < -0.39 is 0 Å². The van der Waals surface area contributed by atoms with E-state index in [4.69, 9.17) is 16.3 Å². The molecule has 1 heterocycles. The molecule has 0 saturated carbocycles. The number of ether oxygens (including phenoxy) is 1. The van der Waals surface area contributed by atoms with Crippen molar-refractivity contribution in [2.75, 3.05) is 20.3 Å². The number of nitrogens with zero attached hydrogens (tertiary/aromatic N) is 1. The first-order valence-corrected chi connectivity index (χ1v) is 8.35. The first kappa shape index (κ1) is 15.8. The van der Waals surface area contributed by atoms with E-state index in [0.29, 0.717) is 6.61 Å². The number of methoxy groups -OCH3 is 1. The molecule has 0 aliphatic heterocycles. The van der Waals surface area contributed by atoms with Crippen LogP contribution < -0.4 is 5.32 Å². The normalized spacial score (nSPS) is 10.9. The number of nitrogens with one attached hydrogen (secondary N) is 1. The molecule has 0 spiro atoms. The third-order valence-corrected chi connectivity index (χ3v) is 5.17. The lowest BCUT2D eigenvalue weighted by atomic mass is 10.2. The highest BCUT2D eigenvalue weighted by Gasteiger charge is 2.10. The minimum atomic E-state index is 0.693. The van der Waals surface area contributed by atoms with Crippen LogP contribution in [-0.2, 0) is 11.3 Å². The van der Waals surface area contributed by atoms with Gasteiger partial charge in [-0.15, -0.1) is 11.3 Å². The number of rotatable bonds is 7. The van der Waals surface area contributed by atoms with Crippen molar-refractivity contribution in [2.45, 2.75) is 22.7 Å². The van der Waals surface area contributed by atoms with Gasteiger partial charge in [-0.05, 0) is 24.6 Å². The Bertz CT molecular complexity index is 560. The molecule has 0 aliphatic carbocycles. The molecule has 3 nitrogen and oxygen atoms in total. The van der Waals surface area contributed by atoms with E-state index in [1.165, 1.54) is 0 Å². The topological polar surface area (TPSA) is 34.1 Å². The van der Waals surface area contributed by atoms with E-state index >= 15 is 0 Å². The monoisotopic (exact) mass is 328 g/mol. The molecular weight excluding hydrogens is 312 g/mol. The van der Waals surface area contributed by atoms with Crippen molar-refractivity contribution >= 4 is 34.7 Å². The van der Waals surface area contributed by atoms with Crippen molar-refractivity contribution in [3.05, 3.63) is 39.9 Å². The average Bonchev–Trinajstić information content (AvgIpc) is 2.83. The lowest BCUT2D eigenvalue weighted by molar-refractivity contribution is 0.199. The van der Waals surface area contributed by atoms with Gasteiger partial charge in [0.25, 0.3) is 0 Å². The minimum Gasteiger partial charge on any atom is -0.383 e. The van der Waals surface area contributed by atoms with Gasteiger partial charge < -0.3 is 10.1 Å². The number of hydrogen-bond donors (Lipinski definition) is 1. The predicted octanol–water partition coefficient (Wildman–Crippen LogP) is 3.99. The summed E-state index contributed by atoms with van der Waals surface area (Å²) in [5, 5.41) is 6.18. The SMILES string of the molecule is COCCNCc1c(Cl)cccc1Sc1nc(C)cs1. The van der Waals surface area contributed by atoms with Gasteiger partial charge in [0.05, 0.1) is 6.61 Å². The van der Waals surface area contributed by atoms with Crippen molar-refractivity contribution in [2.24, 2.45) is 0 Å². The number of hydrogen-bond acceptors (Lipinski definition) is 5. The lowest BCUT2D eigenvalue weighted by Gasteiger charge is -2.11. The van der Waals surface area contributed by atoms with Gasteiger partial charge in [-0.25, -0.2) is 4.98 Å². The van der Waals surface area contributed by atoms with Gasteiger partial charge in [-0.3, -0.25) is 0 Å². The molecule has 20 heavy (non-hydrogen) atoms. The van der Waals surface area contributed by atoms with E-state index in [2.05, 4.69) is 21.7 Å². The fraction of sp³-hybridized carbons (Fsp3) is 0.357. The zero-order valence-corrected chi connectivity index (χ0v) is 13.9. The van der Waals surface area contributed by atoms with Crippen LogP contribution in [0.15, 0.2) is 32.8 Å². The van der Waals surface area contributed by atoms with Crippen LogP contribution >= 0.6 is 34.7 Å². The molecule has 108 valence electrons. The van der Waals surface area contributed by atoms with Crippen molar-refractivity contribution < 1.29 is 4.74 Å². The molecule has 0 atom stereocenters. The van der Waals surface area contributed by atoms with E-state index in [1.54, 1.807) is 30.2 Å². The van der Waals surface area contributed by atoms with Crippen LogP contribution in [0, 0.1) is 6.92 Å². The van der Waals surface area contributed by atoms with Gasteiger partial charge in [-0.1, -0.05) is 29.4 Å². The van der Waals surface area contributed by atoms with E-state index in [0.717, 1.165) is 38.6 Å². The van der Waals surface area contributed by atoms with Crippen LogP contribution in [0.25, 0.3) is 0 Å². The van der Waals surface area contributed by atoms with Gasteiger partial charge in [0, 0.05) is 41.2 Å². The average molecular weight is 329 g/mol. The van der Waals surface area contributed by atoms with Crippen molar-refractivity contribution in [1.82, 2.24) is 10.3 Å². The molecule has 0 aliphatic rings. The van der Waals surface area contributed by atoms with Crippen LogP contribution in [0.4, 0.5) is 0 Å². The second kappa shape index (κ2) is 8.00. The molecule has 1 N–H and O–H groups in total. The summed E-state index contributed by atoms with van der Waals surface area (Å²) in [6.45, 7) is 4.24. The molecule has 1 aromatic carbocycles. The zero-order chi connectivity index (χ0) is 14.4. The summed E-state index contributed by atoms with van der Waals surface area (Å²) >= 11 is 9.64. The first-order chi connectivity index (χ1) is 9.70. The van der Waals surface area contributed by atoms with Gasteiger partial charge >= 0.3 is 0 Å². The Labute approximate surface area is 132 Å². The Hall–Kier alpha value is -0.590. The maximum absolute atomic E-state index is 6.31. The summed E-state index contributed by atoms with van der Waals surface area (Å²) in [6, 6.07) is 5.98. The highest BCUT2D eigenvalue weighted by molar-refractivity contribution is 8.01. The van der Waals surface area contributed by atoms with Crippen LogP contribution in [-0.4, -0.2) is 25.2 Å². The first-order valence-electron chi connectivity index (χ1n) is 6.27. The second-order valence-electron chi connectivity index (χ2n) is 4.24. The third kappa shape index (κ3) is 4.46. The maximum atomic E-state index is 6.31. The fourth-order valence-corrected chi connectivity index (χ4v) is 3.92. The highest BCUT2D eigenvalue weighted by atomic mass is 35.5. The molecule has 0 amide bonds. The van der Waals surface area contributed by atoms with Gasteiger partial charge in [0.1, 0.15) is 0 Å². The Morgan fingerprint density at radius 3 is 3.00 bits per heavy atom. The van der Waals surface area contributed by atoms with Crippen molar-refractivity contribution in [1.29, 1.82) is 0 Å². The minimum absolute atomic E-state index is 0.693. The summed E-state index contributed by atoms with van der Waals surface area (Å²) in [5.41, 5.74) is 2.17. The molecule has 0 saturated heterocycles. The Kier molecular flexibility index (Phi) is 6.32. The predicted molar refractivity (Wildman–Crippen MR) is 86.0 cm³/mol. The number of thiazole rings is 1. The van der Waals surface area contributed by atoms with Crippen LogP contribution in [0.3, 0.4) is 0 Å². The molecular formula is C14H17ClN2OS2. The second-order valence-corrected chi connectivity index (χ2v) is 6.80. The Morgan fingerprint density at radius 2 is 2.30 bits per heavy atom. The number of aryl methyl sites for hydroxylation is 1. The Morgan fingerprint density at radius 1 is 1.45 bits per heavy atom. The summed E-state index contributed by atoms with van der Waals surface area (Å²) < 4.78 is 6.07. The number of halogens is 1. The molecule has 0 bridgehead atoms. The smallest absolute Gasteiger partial charge is 0.154 e. The summed E-state index contributed by atoms with van der Waals surface area (Å²) in [7, 11) is 1.70. The van der Waals surface area contributed by atoms with Crippen LogP contribution in [0.5, 0.6) is 0 Å². The van der Waals surface area contributed by atoms with E-state index in [9.17, 15) is 0 Å². The molecule has 6 heteroatoms. The standard InChI is InChI=1S/C14H17ClN2OS2/c1-10-9-19-14(17-10)20-13-5-3-4-12(15)11(13)8-16-6-7-18-2/h3-5,9,16H,6-8H2,1-2H3. The third-order valence-electron chi connectivity index (χ3n) is 2.66. The number of aromatic nitrogens is 1. The van der Waals surface area contributed by atoms with E-state index in [1.807, 2.05) is 19.1 Å². The fourth-order valence-electron chi connectivity index (χ4n) is 1.67. The molecule has 2 aromatic rings. The molecule has 0 radical (unpaired) electrons. The summed E-state index contributed by atoms with van der Waals surface area (Å²) in [6.07, 6.45) is 0. The van der Waals surface area contributed by atoms with Gasteiger partial charge in [-0.2, -0.15) is 0 Å². The van der Waals surface area contributed by atoms with Crippen molar-refractivity contribution in [3.63, 3.8) is 0 Å². The molecule has 2 rings (SSSR count). The largest absolute Gasteiger partial charge is 0.383 e. The summed E-state index contributed by atoms with van der Waals surface area (Å²) in [4.78, 5) is 5.63. The Balaban J connectivity index is 2.09. The van der Waals surface area contributed by atoms with Gasteiger partial charge in [0.2, 0.25) is 0 Å². The van der Waals surface area contributed by atoms with Crippen molar-refractivity contribution in [3.8, 4) is 0 Å². The van der Waals surface area contributed by atoms with Crippen LogP contribution in [0.1, 0.15) is 11.3 Å². The van der Waals surface area contributed by atoms with Crippen LogP contribution in [0.2, 0.25) is 5.02 Å². The lowest BCUT2D eigenvalue weighted by Crippen LogP contribution is -2.19. The van der Waals surface area contributed by atoms with Gasteiger partial charge in [0.15, 0.2) is 4.34 Å². The zero-order valence-electron chi connectivity index (χ0n) is 11.5. The van der Waals surface area contributed by atoms with E-state index in [-0.39, 0.29) is 0 Å². The number of benzene rings is 1. The quantitative estimate of drug-likeness (QED) is 0.779. The maximum Gasteiger partial charge on any atom is 0.154 e. The molecule has 1 aromatic heterocycles. The summed E-state index contributed by atoms with van der Waals surface area (Å²) in [5.74, 6) is 0. The molecule has 0 fully saturated rings. The highest BCUT2D eigenvalue weighted by Crippen LogP contribution is 2.35. The molecule has 0 unspecified atom stereocenters.